The molecule has 3 N–H and O–H groups in total. The van der Waals surface area contributed by atoms with Crippen LogP contribution >= 0.6 is 0 Å². The van der Waals surface area contributed by atoms with Crippen molar-refractivity contribution in [3.8, 4) is 5.69 Å². The first kappa shape index (κ1) is 28.6. The third-order valence-corrected chi connectivity index (χ3v) is 7.13. The summed E-state index contributed by atoms with van der Waals surface area (Å²) in [5, 5.41) is 15.3. The first-order valence-electron chi connectivity index (χ1n) is 13.2. The lowest BCUT2D eigenvalue weighted by Gasteiger charge is -2.23. The number of aliphatic hydroxyl groups excluding tert-OH is 1. The number of carbonyl (C=O) groups excluding carboxylic acids is 2. The fraction of sp³-hybridized carbons (Fsp3) is 0.152. The molecule has 2 heterocycles. The van der Waals surface area contributed by atoms with Crippen molar-refractivity contribution in [2.24, 2.45) is 0 Å². The lowest BCUT2D eigenvalue weighted by Crippen LogP contribution is -2.34. The standard InChI is InChI=1S/C33H28F3N3O3/c1-20-9-10-21(2)39(20)25-17-13-23(14-18-25)26(22-11-15-24(16-12-22)33(34,35)36)5-3-8-31(41)37-28-6-4-7-29-27(28)19-30(40)32(42)38-29/h3-18,30,40H,19H2,1-2H3,(H,37,41)(H,38,42)/b8-3+,26-5+. The first-order chi connectivity index (χ1) is 20.0. The van der Waals surface area contributed by atoms with Crippen molar-refractivity contribution in [1.82, 2.24) is 4.57 Å². The van der Waals surface area contributed by atoms with Crippen LogP contribution in [0.5, 0.6) is 0 Å². The Morgan fingerprint density at radius 3 is 2.19 bits per heavy atom. The monoisotopic (exact) mass is 571 g/mol. The number of aliphatic hydroxyl groups is 1. The van der Waals surface area contributed by atoms with E-state index in [0.29, 0.717) is 28.1 Å². The SMILES string of the molecule is Cc1ccc(C)n1-c1ccc(/C(=C/C=C/C(=O)Nc2cccc3c2CC(O)C(=O)N3)c2ccc(C(F)(F)F)cc2)cc1. The number of rotatable bonds is 6. The molecule has 2 amide bonds. The van der Waals surface area contributed by atoms with Gasteiger partial charge in [-0.05, 0) is 79.1 Å². The van der Waals surface area contributed by atoms with Crippen LogP contribution in [-0.2, 0) is 22.2 Å². The number of hydrogen-bond acceptors (Lipinski definition) is 3. The van der Waals surface area contributed by atoms with Crippen LogP contribution < -0.4 is 10.6 Å². The number of alkyl halides is 3. The number of aromatic nitrogens is 1. The lowest BCUT2D eigenvalue weighted by molar-refractivity contribution is -0.137. The molecule has 42 heavy (non-hydrogen) atoms. The Morgan fingerprint density at radius 1 is 0.952 bits per heavy atom. The van der Waals surface area contributed by atoms with Gasteiger partial charge in [0.2, 0.25) is 5.91 Å². The van der Waals surface area contributed by atoms with Gasteiger partial charge < -0.3 is 20.3 Å². The fourth-order valence-corrected chi connectivity index (χ4v) is 5.01. The van der Waals surface area contributed by atoms with Crippen molar-refractivity contribution in [1.29, 1.82) is 0 Å². The Hall–Kier alpha value is -4.89. The molecule has 214 valence electrons. The lowest BCUT2D eigenvalue weighted by atomic mass is 9.96. The summed E-state index contributed by atoms with van der Waals surface area (Å²) in [6, 6.07) is 21.6. The molecule has 0 spiro atoms. The van der Waals surface area contributed by atoms with Crippen LogP contribution in [0, 0.1) is 13.8 Å². The van der Waals surface area contributed by atoms with Gasteiger partial charge in [-0.1, -0.05) is 42.5 Å². The number of aryl methyl sites for hydroxylation is 2. The summed E-state index contributed by atoms with van der Waals surface area (Å²) in [5.74, 6) is -0.954. The van der Waals surface area contributed by atoms with Crippen LogP contribution in [0.4, 0.5) is 24.5 Å². The molecule has 0 radical (unpaired) electrons. The van der Waals surface area contributed by atoms with Gasteiger partial charge in [-0.3, -0.25) is 9.59 Å². The van der Waals surface area contributed by atoms with E-state index in [1.54, 1.807) is 24.3 Å². The van der Waals surface area contributed by atoms with E-state index in [-0.39, 0.29) is 6.42 Å². The van der Waals surface area contributed by atoms with Crippen LogP contribution in [0.3, 0.4) is 0 Å². The van der Waals surface area contributed by atoms with Crippen LogP contribution in [0.25, 0.3) is 11.3 Å². The van der Waals surface area contributed by atoms with E-state index in [2.05, 4.69) is 15.2 Å². The molecular formula is C33H28F3N3O3. The maximum atomic E-state index is 13.2. The predicted octanol–water partition coefficient (Wildman–Crippen LogP) is 6.60. The van der Waals surface area contributed by atoms with Crippen LogP contribution in [0.15, 0.2) is 97.1 Å². The van der Waals surface area contributed by atoms with Crippen LogP contribution in [0.1, 0.15) is 33.6 Å². The Bertz CT molecular complexity index is 1680. The second kappa shape index (κ2) is 11.5. The van der Waals surface area contributed by atoms with E-state index in [1.165, 1.54) is 24.3 Å². The van der Waals surface area contributed by atoms with E-state index in [4.69, 9.17) is 0 Å². The normalized spacial score (nSPS) is 15.4. The zero-order valence-electron chi connectivity index (χ0n) is 22.9. The van der Waals surface area contributed by atoms with E-state index < -0.39 is 29.7 Å². The van der Waals surface area contributed by atoms with Gasteiger partial charge in [0.05, 0.1) is 5.56 Å². The number of benzene rings is 3. The molecule has 0 bridgehead atoms. The molecule has 4 aromatic rings. The Kier molecular flexibility index (Phi) is 7.87. The summed E-state index contributed by atoms with van der Waals surface area (Å²) in [4.78, 5) is 24.6. The average Bonchev–Trinajstić information content (AvgIpc) is 3.29. The average molecular weight is 572 g/mol. The van der Waals surface area contributed by atoms with Crippen LogP contribution in [-0.4, -0.2) is 27.6 Å². The number of fused-ring (bicyclic) bond motifs is 1. The highest BCUT2D eigenvalue weighted by Gasteiger charge is 2.30. The number of halogens is 3. The largest absolute Gasteiger partial charge is 0.416 e. The van der Waals surface area contributed by atoms with E-state index >= 15 is 0 Å². The highest BCUT2D eigenvalue weighted by atomic mass is 19.4. The van der Waals surface area contributed by atoms with E-state index in [1.807, 2.05) is 50.2 Å². The third kappa shape index (κ3) is 6.06. The fourth-order valence-electron chi connectivity index (χ4n) is 5.01. The predicted molar refractivity (Wildman–Crippen MR) is 156 cm³/mol. The molecule has 1 aliphatic heterocycles. The summed E-state index contributed by atoms with van der Waals surface area (Å²) in [5.41, 5.74) is 5.88. The summed E-state index contributed by atoms with van der Waals surface area (Å²) in [6.07, 6.45) is -1.09. The molecule has 1 unspecified atom stereocenters. The van der Waals surface area contributed by atoms with Gasteiger partial charge in [0.25, 0.3) is 5.91 Å². The van der Waals surface area contributed by atoms with Crippen molar-refractivity contribution in [3.63, 3.8) is 0 Å². The number of anilines is 2. The molecule has 3 aromatic carbocycles. The number of carbonyl (C=O) groups is 2. The molecule has 0 aliphatic carbocycles. The quantitative estimate of drug-likeness (QED) is 0.180. The zero-order chi connectivity index (χ0) is 30.0. The van der Waals surface area contributed by atoms with Crippen molar-refractivity contribution in [2.45, 2.75) is 32.5 Å². The van der Waals surface area contributed by atoms with Gasteiger partial charge in [-0.25, -0.2) is 0 Å². The summed E-state index contributed by atoms with van der Waals surface area (Å²) in [6.45, 7) is 4.02. The van der Waals surface area contributed by atoms with Crippen molar-refractivity contribution in [2.75, 3.05) is 10.6 Å². The summed E-state index contributed by atoms with van der Waals surface area (Å²) >= 11 is 0. The van der Waals surface area contributed by atoms with Crippen molar-refractivity contribution >= 4 is 28.8 Å². The maximum Gasteiger partial charge on any atom is 0.416 e. The minimum Gasteiger partial charge on any atom is -0.383 e. The summed E-state index contributed by atoms with van der Waals surface area (Å²) < 4.78 is 41.7. The molecule has 1 aliphatic rings. The minimum absolute atomic E-state index is 0.0668. The number of nitrogens with zero attached hydrogens (tertiary/aromatic N) is 1. The second-order valence-corrected chi connectivity index (χ2v) is 10.0. The van der Waals surface area contributed by atoms with Gasteiger partial charge in [-0.15, -0.1) is 0 Å². The van der Waals surface area contributed by atoms with Crippen molar-refractivity contribution < 1.29 is 27.9 Å². The van der Waals surface area contributed by atoms with E-state index in [9.17, 15) is 27.9 Å². The zero-order valence-corrected chi connectivity index (χ0v) is 22.9. The Morgan fingerprint density at radius 2 is 1.57 bits per heavy atom. The maximum absolute atomic E-state index is 13.2. The summed E-state index contributed by atoms with van der Waals surface area (Å²) in [7, 11) is 0. The number of amides is 2. The van der Waals surface area contributed by atoms with Gasteiger partial charge in [0.15, 0.2) is 0 Å². The topological polar surface area (TPSA) is 83.4 Å². The molecule has 6 nitrogen and oxygen atoms in total. The van der Waals surface area contributed by atoms with Gasteiger partial charge in [0.1, 0.15) is 6.10 Å². The second-order valence-electron chi connectivity index (χ2n) is 10.0. The van der Waals surface area contributed by atoms with E-state index in [0.717, 1.165) is 34.8 Å². The van der Waals surface area contributed by atoms with Gasteiger partial charge in [0, 0.05) is 46.5 Å². The number of hydrogen-bond donors (Lipinski definition) is 3. The molecule has 9 heteroatoms. The first-order valence-corrected chi connectivity index (χ1v) is 13.2. The highest BCUT2D eigenvalue weighted by Crippen LogP contribution is 2.32. The smallest absolute Gasteiger partial charge is 0.383 e. The minimum atomic E-state index is -4.45. The third-order valence-electron chi connectivity index (χ3n) is 7.13. The molecule has 0 saturated carbocycles. The molecule has 0 fully saturated rings. The molecule has 5 rings (SSSR count). The Labute approximate surface area is 240 Å². The van der Waals surface area contributed by atoms with Gasteiger partial charge >= 0.3 is 6.18 Å². The Balaban J connectivity index is 1.43. The number of nitrogens with one attached hydrogen (secondary N) is 2. The van der Waals surface area contributed by atoms with Crippen molar-refractivity contribution in [3.05, 3.63) is 131 Å². The molecule has 1 aromatic heterocycles. The van der Waals surface area contributed by atoms with Gasteiger partial charge in [-0.2, -0.15) is 13.2 Å². The van der Waals surface area contributed by atoms with Crippen LogP contribution in [0.2, 0.25) is 0 Å². The highest BCUT2D eigenvalue weighted by molar-refractivity contribution is 6.03. The number of allylic oxidation sites excluding steroid dienone is 2. The molecule has 1 atom stereocenters. The molecule has 0 saturated heterocycles. The molecular weight excluding hydrogens is 543 g/mol.